The Labute approximate surface area is 210 Å². The van der Waals surface area contributed by atoms with E-state index in [9.17, 15) is 23.4 Å². The lowest BCUT2D eigenvalue weighted by molar-refractivity contribution is -0.115. The summed E-state index contributed by atoms with van der Waals surface area (Å²) in [6, 6.07) is 0. The molecule has 4 atom stereocenters. The minimum Gasteiger partial charge on any atom is -0.387 e. The van der Waals surface area contributed by atoms with Crippen molar-refractivity contribution in [1.29, 1.82) is 0 Å². The third-order valence-corrected chi connectivity index (χ3v) is 6.75. The van der Waals surface area contributed by atoms with Crippen LogP contribution in [0.5, 0.6) is 0 Å². The maximum absolute atomic E-state index is 12.1. The molecule has 13 nitrogen and oxygen atoms in total. The fourth-order valence-corrected chi connectivity index (χ4v) is 4.59. The zero-order valence-corrected chi connectivity index (χ0v) is 21.0. The average molecular weight is 527 g/mol. The van der Waals surface area contributed by atoms with E-state index in [1.165, 1.54) is 42.9 Å². The zero-order chi connectivity index (χ0) is 26.1. The summed E-state index contributed by atoms with van der Waals surface area (Å²) < 4.78 is 37.8. The second kappa shape index (κ2) is 13.1. The Hall–Kier alpha value is -2.65. The van der Waals surface area contributed by atoms with Crippen LogP contribution in [-0.4, -0.2) is 69.0 Å². The lowest BCUT2D eigenvalue weighted by atomic mass is 10.1. The lowest BCUT2D eigenvalue weighted by Crippen LogP contribution is -2.37. The van der Waals surface area contributed by atoms with Gasteiger partial charge in [0.25, 0.3) is 5.91 Å². The van der Waals surface area contributed by atoms with Crippen LogP contribution < -0.4 is 10.5 Å². The zero-order valence-electron chi connectivity index (χ0n) is 20.2. The molecular formula is C22H34N6O7S. The topological polar surface area (TPSA) is 192 Å². The number of unbranched alkanes of at least 4 members (excludes halogenated alkanes) is 7. The molecule has 3 rings (SSSR count). The fraction of sp³-hybridized carbons (Fsp3) is 0.636. The number of nitrogens with zero attached hydrogens (tertiary/aromatic N) is 4. The highest BCUT2D eigenvalue weighted by atomic mass is 32.2. The van der Waals surface area contributed by atoms with Crippen molar-refractivity contribution >= 4 is 33.2 Å². The van der Waals surface area contributed by atoms with Crippen molar-refractivity contribution in [2.45, 2.75) is 82.8 Å². The number of amides is 1. The second-order valence-corrected chi connectivity index (χ2v) is 9.99. The Balaban J connectivity index is 1.45. The van der Waals surface area contributed by atoms with Crippen molar-refractivity contribution < 1.29 is 32.3 Å². The molecule has 1 aliphatic rings. The van der Waals surface area contributed by atoms with Gasteiger partial charge in [-0.3, -0.25) is 13.5 Å². The third kappa shape index (κ3) is 7.43. The molecule has 0 radical (unpaired) electrons. The molecule has 1 fully saturated rings. The van der Waals surface area contributed by atoms with Crippen molar-refractivity contribution in [2.24, 2.45) is 0 Å². The van der Waals surface area contributed by atoms with Gasteiger partial charge in [-0.2, -0.15) is 8.42 Å². The number of aliphatic hydroxyl groups excluding tert-OH is 2. The Morgan fingerprint density at radius 3 is 2.64 bits per heavy atom. The molecule has 200 valence electrons. The first-order chi connectivity index (χ1) is 17.2. The molecule has 2 aromatic heterocycles. The number of anilines is 1. The van der Waals surface area contributed by atoms with Gasteiger partial charge in [0.15, 0.2) is 17.7 Å². The average Bonchev–Trinajstić information content (AvgIpc) is 3.38. The molecule has 0 bridgehead atoms. The van der Waals surface area contributed by atoms with E-state index >= 15 is 0 Å². The molecule has 0 aliphatic carbocycles. The molecule has 0 unspecified atom stereocenters. The quantitative estimate of drug-likeness (QED) is 0.203. The standard InChI is InChI=1S/C22H34N6O7S/c1-2-3-4-5-6-7-8-9-10-11-16(29)27-36(32,33)34-12-15-18(30)19(31)22(35-15)28-14-26-17-20(23)24-13-25-21(17)28/h10-11,13-15,18-19,22,30-31H,2-9,12H2,1H3,(H,27,29)(H2,23,24,25)/b11-10+/t15-,18-,19-,22-/m1/s1. The van der Waals surface area contributed by atoms with Crippen LogP contribution in [0.2, 0.25) is 0 Å². The smallest absolute Gasteiger partial charge is 0.362 e. The van der Waals surface area contributed by atoms with Gasteiger partial charge in [-0.05, 0) is 18.9 Å². The second-order valence-electron chi connectivity index (χ2n) is 8.65. The van der Waals surface area contributed by atoms with Crippen LogP contribution in [0.1, 0.15) is 64.5 Å². The van der Waals surface area contributed by atoms with Gasteiger partial charge in [0.05, 0.1) is 12.9 Å². The normalized spacial score (nSPS) is 22.5. The van der Waals surface area contributed by atoms with Crippen LogP contribution in [0.3, 0.4) is 0 Å². The van der Waals surface area contributed by atoms with Crippen LogP contribution in [0.25, 0.3) is 11.2 Å². The molecule has 1 aliphatic heterocycles. The summed E-state index contributed by atoms with van der Waals surface area (Å²) in [5.41, 5.74) is 6.31. The molecule has 2 aromatic rings. The van der Waals surface area contributed by atoms with E-state index in [0.29, 0.717) is 6.42 Å². The van der Waals surface area contributed by atoms with Crippen LogP contribution in [0.4, 0.5) is 5.82 Å². The molecule has 3 heterocycles. The van der Waals surface area contributed by atoms with Gasteiger partial charge < -0.3 is 20.7 Å². The molecule has 1 saturated heterocycles. The monoisotopic (exact) mass is 526 g/mol. The molecule has 0 saturated carbocycles. The van der Waals surface area contributed by atoms with Crippen LogP contribution in [0.15, 0.2) is 24.8 Å². The van der Waals surface area contributed by atoms with Gasteiger partial charge in [-0.25, -0.2) is 19.7 Å². The van der Waals surface area contributed by atoms with Gasteiger partial charge in [-0.15, -0.1) is 0 Å². The minimum atomic E-state index is -4.46. The van der Waals surface area contributed by atoms with Gasteiger partial charge in [-0.1, -0.05) is 51.5 Å². The van der Waals surface area contributed by atoms with Crippen molar-refractivity contribution in [3.05, 3.63) is 24.8 Å². The first-order valence-corrected chi connectivity index (χ1v) is 13.5. The predicted molar refractivity (Wildman–Crippen MR) is 130 cm³/mol. The van der Waals surface area contributed by atoms with Crippen molar-refractivity contribution in [3.8, 4) is 0 Å². The van der Waals surface area contributed by atoms with Crippen molar-refractivity contribution in [2.75, 3.05) is 12.3 Å². The Morgan fingerprint density at radius 1 is 1.17 bits per heavy atom. The van der Waals surface area contributed by atoms with Crippen LogP contribution >= 0.6 is 0 Å². The minimum absolute atomic E-state index is 0.130. The number of aliphatic hydroxyl groups is 2. The number of nitrogens with one attached hydrogen (secondary N) is 1. The Bertz CT molecular complexity index is 1140. The number of allylic oxidation sites excluding steroid dienone is 1. The maximum Gasteiger partial charge on any atom is 0.362 e. The number of carbonyl (C=O) groups excluding carboxylic acids is 1. The highest BCUT2D eigenvalue weighted by Gasteiger charge is 2.45. The number of imidazole rings is 1. The predicted octanol–water partition coefficient (Wildman–Crippen LogP) is 1.10. The van der Waals surface area contributed by atoms with E-state index in [0.717, 1.165) is 25.3 Å². The number of aromatic nitrogens is 4. The van der Waals surface area contributed by atoms with Crippen molar-refractivity contribution in [1.82, 2.24) is 24.2 Å². The summed E-state index contributed by atoms with van der Waals surface area (Å²) >= 11 is 0. The summed E-state index contributed by atoms with van der Waals surface area (Å²) in [5, 5.41) is 20.8. The fourth-order valence-electron chi connectivity index (χ4n) is 3.91. The number of nitrogen functional groups attached to an aromatic ring is 1. The molecule has 14 heteroatoms. The van der Waals surface area contributed by atoms with Gasteiger partial charge in [0.1, 0.15) is 30.2 Å². The molecule has 0 aromatic carbocycles. The van der Waals surface area contributed by atoms with E-state index in [1.807, 2.05) is 0 Å². The maximum atomic E-state index is 12.1. The number of nitrogens with two attached hydrogens (primary N) is 1. The van der Waals surface area contributed by atoms with E-state index < -0.39 is 47.4 Å². The summed E-state index contributed by atoms with van der Waals surface area (Å²) in [6.45, 7) is 1.54. The number of hydrogen-bond donors (Lipinski definition) is 4. The first kappa shape index (κ1) is 27.9. The highest BCUT2D eigenvalue weighted by Crippen LogP contribution is 2.32. The molecule has 1 amide bonds. The number of hydrogen-bond acceptors (Lipinski definition) is 11. The van der Waals surface area contributed by atoms with E-state index in [1.54, 1.807) is 10.8 Å². The van der Waals surface area contributed by atoms with Crippen LogP contribution in [-0.2, 0) is 24.0 Å². The highest BCUT2D eigenvalue weighted by molar-refractivity contribution is 7.85. The molecule has 5 N–H and O–H groups in total. The molecular weight excluding hydrogens is 492 g/mol. The van der Waals surface area contributed by atoms with E-state index in [2.05, 4.69) is 21.9 Å². The van der Waals surface area contributed by atoms with E-state index in [4.69, 9.17) is 14.7 Å². The van der Waals surface area contributed by atoms with Crippen molar-refractivity contribution in [3.63, 3.8) is 0 Å². The number of rotatable bonds is 14. The van der Waals surface area contributed by atoms with Gasteiger partial charge in [0, 0.05) is 0 Å². The summed E-state index contributed by atoms with van der Waals surface area (Å²) in [4.78, 5) is 23.9. The first-order valence-electron chi connectivity index (χ1n) is 12.1. The molecule has 0 spiro atoms. The van der Waals surface area contributed by atoms with E-state index in [-0.39, 0.29) is 17.0 Å². The summed E-state index contributed by atoms with van der Waals surface area (Å²) in [7, 11) is -4.46. The Kier molecular flexibility index (Phi) is 10.1. The lowest BCUT2D eigenvalue weighted by Gasteiger charge is -2.16. The Morgan fingerprint density at radius 2 is 1.89 bits per heavy atom. The van der Waals surface area contributed by atoms with Gasteiger partial charge >= 0.3 is 10.3 Å². The van der Waals surface area contributed by atoms with Gasteiger partial charge in [0.2, 0.25) is 0 Å². The number of ether oxygens (including phenoxy) is 1. The SMILES string of the molecule is CCCCCCCCC/C=C/C(=O)NS(=O)(=O)OC[C@H]1O[C@@H](n2cnc3c(N)ncnc32)[C@H](O)[C@@H]1O. The third-order valence-electron chi connectivity index (χ3n) is 5.86. The number of fused-ring (bicyclic) bond motifs is 1. The molecule has 36 heavy (non-hydrogen) atoms. The van der Waals surface area contributed by atoms with Crippen LogP contribution in [0, 0.1) is 0 Å². The summed E-state index contributed by atoms with van der Waals surface area (Å²) in [5.74, 6) is -0.712. The number of carbonyl (C=O) groups is 1. The summed E-state index contributed by atoms with van der Waals surface area (Å²) in [6.07, 6.45) is 8.74. The largest absolute Gasteiger partial charge is 0.387 e.